The molecule has 1 aromatic carbocycles. The van der Waals surface area contributed by atoms with E-state index < -0.39 is 11.9 Å². The molecule has 0 atom stereocenters. The van der Waals surface area contributed by atoms with Crippen molar-refractivity contribution in [2.75, 3.05) is 45.2 Å². The van der Waals surface area contributed by atoms with Crippen LogP contribution in [0.25, 0.3) is 0 Å². The number of nitrogens with zero attached hydrogens (tertiary/aromatic N) is 2. The molecule has 160 valence electrons. The maximum absolute atomic E-state index is 12.6. The van der Waals surface area contributed by atoms with E-state index in [0.717, 1.165) is 0 Å². The van der Waals surface area contributed by atoms with E-state index in [-0.39, 0.29) is 12.5 Å². The molecule has 0 radical (unpaired) electrons. The highest BCUT2D eigenvalue weighted by atomic mass is 16.5. The highest BCUT2D eigenvalue weighted by Crippen LogP contribution is 2.17. The van der Waals surface area contributed by atoms with Crippen molar-refractivity contribution >= 4 is 23.5 Å². The van der Waals surface area contributed by atoms with E-state index in [4.69, 9.17) is 9.15 Å². The van der Waals surface area contributed by atoms with Crippen LogP contribution in [-0.4, -0.2) is 67.5 Å². The normalized spacial score (nSPS) is 14.3. The second kappa shape index (κ2) is 9.45. The number of rotatable bonds is 5. The quantitative estimate of drug-likeness (QED) is 0.776. The Kier molecular flexibility index (Phi) is 6.73. The lowest BCUT2D eigenvalue weighted by atomic mass is 10.2. The van der Waals surface area contributed by atoms with Crippen LogP contribution in [-0.2, 0) is 4.79 Å². The number of imide groups is 1. The molecule has 1 aliphatic rings. The standard InChI is InChI=1S/C21H26N4O5/c1-14-12-18(15(2)30-14)20(27)25-10-8-24(9-11-25)13-19(26)23-21(28)22-16-4-6-17(29-3)7-5-16/h4-7,12H,8-11,13H2,1-3H3,(H2,22,23,26,28). The highest BCUT2D eigenvalue weighted by Gasteiger charge is 2.25. The van der Waals surface area contributed by atoms with Crippen molar-refractivity contribution in [3.05, 3.63) is 47.4 Å². The van der Waals surface area contributed by atoms with Gasteiger partial charge in [0.15, 0.2) is 0 Å². The molecule has 1 fully saturated rings. The monoisotopic (exact) mass is 414 g/mol. The number of ether oxygens (including phenoxy) is 1. The van der Waals surface area contributed by atoms with Gasteiger partial charge >= 0.3 is 6.03 Å². The lowest BCUT2D eigenvalue weighted by Crippen LogP contribution is -2.51. The van der Waals surface area contributed by atoms with Crippen LogP contribution in [0, 0.1) is 13.8 Å². The van der Waals surface area contributed by atoms with Gasteiger partial charge in [0.05, 0.1) is 19.2 Å². The first-order chi connectivity index (χ1) is 14.4. The van der Waals surface area contributed by atoms with Crippen LogP contribution in [0.2, 0.25) is 0 Å². The Hall–Kier alpha value is -3.33. The summed E-state index contributed by atoms with van der Waals surface area (Å²) in [5, 5.41) is 4.92. The van der Waals surface area contributed by atoms with Crippen molar-refractivity contribution in [3.63, 3.8) is 0 Å². The fourth-order valence-corrected chi connectivity index (χ4v) is 3.33. The zero-order valence-corrected chi connectivity index (χ0v) is 17.4. The number of hydrogen-bond acceptors (Lipinski definition) is 6. The summed E-state index contributed by atoms with van der Waals surface area (Å²) in [6.07, 6.45) is 0. The number of benzene rings is 1. The van der Waals surface area contributed by atoms with Crippen LogP contribution in [0.4, 0.5) is 10.5 Å². The van der Waals surface area contributed by atoms with Gasteiger partial charge in [0.25, 0.3) is 5.91 Å². The van der Waals surface area contributed by atoms with Gasteiger partial charge in [-0.25, -0.2) is 4.79 Å². The SMILES string of the molecule is COc1ccc(NC(=O)NC(=O)CN2CCN(C(=O)c3cc(C)oc3C)CC2)cc1. The molecule has 1 aromatic heterocycles. The number of furan rings is 1. The van der Waals surface area contributed by atoms with Crippen molar-refractivity contribution in [2.24, 2.45) is 0 Å². The first-order valence-electron chi connectivity index (χ1n) is 9.69. The molecule has 1 saturated heterocycles. The molecule has 2 N–H and O–H groups in total. The van der Waals surface area contributed by atoms with Gasteiger partial charge in [0, 0.05) is 31.9 Å². The predicted molar refractivity (Wildman–Crippen MR) is 111 cm³/mol. The Morgan fingerprint density at radius 2 is 1.73 bits per heavy atom. The first-order valence-corrected chi connectivity index (χ1v) is 9.69. The van der Waals surface area contributed by atoms with Crippen LogP contribution < -0.4 is 15.4 Å². The predicted octanol–water partition coefficient (Wildman–Crippen LogP) is 2.01. The summed E-state index contributed by atoms with van der Waals surface area (Å²) >= 11 is 0. The topological polar surface area (TPSA) is 104 Å². The molecule has 2 heterocycles. The van der Waals surface area contributed by atoms with E-state index in [1.165, 1.54) is 0 Å². The third-order valence-corrected chi connectivity index (χ3v) is 4.90. The molecule has 9 nitrogen and oxygen atoms in total. The first kappa shape index (κ1) is 21.4. The third-order valence-electron chi connectivity index (χ3n) is 4.90. The molecule has 4 amide bonds. The Morgan fingerprint density at radius 3 is 2.30 bits per heavy atom. The van der Waals surface area contributed by atoms with Crippen molar-refractivity contribution in [3.8, 4) is 5.75 Å². The molecular weight excluding hydrogens is 388 g/mol. The molecule has 0 saturated carbocycles. The summed E-state index contributed by atoms with van der Waals surface area (Å²) in [7, 11) is 1.56. The molecule has 2 aromatic rings. The summed E-state index contributed by atoms with van der Waals surface area (Å²) in [5.41, 5.74) is 1.13. The van der Waals surface area contributed by atoms with Crippen LogP contribution >= 0.6 is 0 Å². The van der Waals surface area contributed by atoms with Gasteiger partial charge in [-0.1, -0.05) is 0 Å². The van der Waals surface area contributed by atoms with E-state index >= 15 is 0 Å². The number of amides is 4. The molecule has 3 rings (SSSR count). The summed E-state index contributed by atoms with van der Waals surface area (Å²) in [6.45, 7) is 5.79. The second-order valence-corrected chi connectivity index (χ2v) is 7.13. The number of carbonyl (C=O) groups is 3. The van der Waals surface area contributed by atoms with Crippen LogP contribution in [0.15, 0.2) is 34.7 Å². The number of aryl methyl sites for hydroxylation is 2. The molecule has 0 bridgehead atoms. The van der Waals surface area contributed by atoms with Crippen molar-refractivity contribution in [1.82, 2.24) is 15.1 Å². The van der Waals surface area contributed by atoms with Crippen molar-refractivity contribution in [1.29, 1.82) is 0 Å². The van der Waals surface area contributed by atoms with E-state index in [9.17, 15) is 14.4 Å². The Balaban J connectivity index is 1.42. The lowest BCUT2D eigenvalue weighted by molar-refractivity contribution is -0.121. The van der Waals surface area contributed by atoms with Gasteiger partial charge in [0.1, 0.15) is 17.3 Å². The summed E-state index contributed by atoms with van der Waals surface area (Å²) in [5.74, 6) is 1.53. The van der Waals surface area contributed by atoms with Crippen molar-refractivity contribution in [2.45, 2.75) is 13.8 Å². The zero-order valence-electron chi connectivity index (χ0n) is 17.4. The lowest BCUT2D eigenvalue weighted by Gasteiger charge is -2.34. The third kappa shape index (κ3) is 5.38. The summed E-state index contributed by atoms with van der Waals surface area (Å²) in [6, 6.07) is 7.95. The summed E-state index contributed by atoms with van der Waals surface area (Å²) in [4.78, 5) is 40.5. The fraction of sp³-hybridized carbons (Fsp3) is 0.381. The molecule has 0 unspecified atom stereocenters. The molecular formula is C21H26N4O5. The number of urea groups is 1. The molecule has 1 aliphatic heterocycles. The minimum atomic E-state index is -0.593. The van der Waals surface area contributed by atoms with Gasteiger partial charge in [0.2, 0.25) is 5.91 Å². The number of hydrogen-bond donors (Lipinski definition) is 2. The smallest absolute Gasteiger partial charge is 0.325 e. The average molecular weight is 414 g/mol. The van der Waals surface area contributed by atoms with Gasteiger partial charge < -0.3 is 19.4 Å². The summed E-state index contributed by atoms with van der Waals surface area (Å²) < 4.78 is 10.5. The van der Waals surface area contributed by atoms with Crippen LogP contribution in [0.3, 0.4) is 0 Å². The Morgan fingerprint density at radius 1 is 1.07 bits per heavy atom. The number of nitrogens with one attached hydrogen (secondary N) is 2. The number of piperazine rings is 1. The number of anilines is 1. The van der Waals surface area contributed by atoms with Crippen LogP contribution in [0.1, 0.15) is 21.9 Å². The Bertz CT molecular complexity index is 914. The van der Waals surface area contributed by atoms with E-state index in [1.54, 1.807) is 49.3 Å². The van der Waals surface area contributed by atoms with Gasteiger partial charge in [-0.05, 0) is 44.2 Å². The minimum Gasteiger partial charge on any atom is -0.497 e. The zero-order chi connectivity index (χ0) is 21.7. The molecule has 30 heavy (non-hydrogen) atoms. The fourth-order valence-electron chi connectivity index (χ4n) is 3.33. The molecule has 9 heteroatoms. The molecule has 0 spiro atoms. The maximum atomic E-state index is 12.6. The average Bonchev–Trinajstić information content (AvgIpc) is 3.06. The minimum absolute atomic E-state index is 0.0627. The van der Waals surface area contributed by atoms with Gasteiger partial charge in [-0.2, -0.15) is 0 Å². The Labute approximate surface area is 175 Å². The van der Waals surface area contributed by atoms with E-state index in [1.807, 2.05) is 11.8 Å². The molecule has 0 aliphatic carbocycles. The van der Waals surface area contributed by atoms with Gasteiger partial charge in [-0.15, -0.1) is 0 Å². The van der Waals surface area contributed by atoms with Gasteiger partial charge in [-0.3, -0.25) is 19.8 Å². The number of methoxy groups -OCH3 is 1. The second-order valence-electron chi connectivity index (χ2n) is 7.13. The largest absolute Gasteiger partial charge is 0.497 e. The van der Waals surface area contributed by atoms with E-state index in [2.05, 4.69) is 10.6 Å². The van der Waals surface area contributed by atoms with E-state index in [0.29, 0.717) is 54.7 Å². The van der Waals surface area contributed by atoms with Crippen LogP contribution in [0.5, 0.6) is 5.75 Å². The highest BCUT2D eigenvalue weighted by molar-refractivity contribution is 6.01. The van der Waals surface area contributed by atoms with Crippen molar-refractivity contribution < 1.29 is 23.5 Å². The maximum Gasteiger partial charge on any atom is 0.325 e. The number of carbonyl (C=O) groups excluding carboxylic acids is 3.